The van der Waals surface area contributed by atoms with Crippen LogP contribution in [0.3, 0.4) is 0 Å². The van der Waals surface area contributed by atoms with Crippen molar-refractivity contribution in [3.63, 3.8) is 0 Å². The molecular formula is C49H79NO13. The van der Waals surface area contributed by atoms with E-state index in [1.165, 1.54) is 70.6 Å². The molecule has 0 radical (unpaired) electrons. The molecule has 0 saturated carbocycles. The van der Waals surface area contributed by atoms with Gasteiger partial charge in [-0.25, -0.2) is 4.79 Å². The molecule has 0 bridgehead atoms. The Morgan fingerprint density at radius 3 is 1.21 bits per heavy atom. The van der Waals surface area contributed by atoms with Crippen LogP contribution in [0, 0.1) is 0 Å². The lowest BCUT2D eigenvalue weighted by molar-refractivity contribution is -0.145. The first-order chi connectivity index (χ1) is 31.1. The summed E-state index contributed by atoms with van der Waals surface area (Å²) in [7, 11) is 1.63. The van der Waals surface area contributed by atoms with Gasteiger partial charge in [-0.15, -0.1) is 0 Å². The first-order valence-corrected chi connectivity index (χ1v) is 23.3. The fraction of sp³-hybridized carbons (Fsp3) is 0.694. The van der Waals surface area contributed by atoms with Gasteiger partial charge in [0.05, 0.1) is 124 Å². The summed E-state index contributed by atoms with van der Waals surface area (Å²) >= 11 is 0. The van der Waals surface area contributed by atoms with Crippen molar-refractivity contribution in [2.24, 2.45) is 4.99 Å². The average molecular weight is 890 g/mol. The van der Waals surface area contributed by atoms with Crippen molar-refractivity contribution < 1.29 is 61.7 Å². The molecule has 358 valence electrons. The number of aliphatic imine (C=N–C) groups is 1. The summed E-state index contributed by atoms with van der Waals surface area (Å²) in [6, 6.07) is 14.5. The van der Waals surface area contributed by atoms with Crippen LogP contribution in [0.1, 0.15) is 113 Å². The summed E-state index contributed by atoms with van der Waals surface area (Å²) in [6.45, 7) is 9.72. The van der Waals surface area contributed by atoms with Crippen molar-refractivity contribution in [1.29, 1.82) is 0 Å². The number of esters is 2. The number of hydrogen-bond donors (Lipinski definition) is 0. The lowest BCUT2D eigenvalue weighted by Gasteiger charge is -2.09. The minimum absolute atomic E-state index is 0.139. The molecule has 0 amide bonds. The number of rotatable bonds is 45. The molecule has 0 spiro atoms. The Morgan fingerprint density at radius 2 is 0.810 bits per heavy atom. The molecule has 0 aliphatic carbocycles. The van der Waals surface area contributed by atoms with E-state index in [9.17, 15) is 9.59 Å². The topological polar surface area (TPSA) is 148 Å². The van der Waals surface area contributed by atoms with Crippen molar-refractivity contribution in [2.75, 3.05) is 126 Å². The highest BCUT2D eigenvalue weighted by atomic mass is 16.6. The molecule has 0 aliphatic heterocycles. The van der Waals surface area contributed by atoms with Crippen LogP contribution in [0.4, 0.5) is 5.69 Å². The zero-order valence-corrected chi connectivity index (χ0v) is 38.6. The average Bonchev–Trinajstić information content (AvgIpc) is 3.31. The molecule has 0 saturated heterocycles. The number of unbranched alkanes of at least 4 members (excludes halogenated alkanes) is 12. The summed E-state index contributed by atoms with van der Waals surface area (Å²) in [5.74, 6) is 0.230. The number of ether oxygens (including phenoxy) is 11. The van der Waals surface area contributed by atoms with Gasteiger partial charge in [-0.2, -0.15) is 0 Å². The number of hydrogen-bond acceptors (Lipinski definition) is 14. The molecule has 0 aromatic heterocycles. The van der Waals surface area contributed by atoms with E-state index >= 15 is 0 Å². The van der Waals surface area contributed by atoms with E-state index < -0.39 is 5.97 Å². The Morgan fingerprint density at radius 1 is 0.444 bits per heavy atom. The highest BCUT2D eigenvalue weighted by Gasteiger charge is 2.07. The molecule has 2 aromatic carbocycles. The standard InChI is InChI=1S/C49H79NO13/c1-3-4-5-6-7-8-9-10-11-12-13-14-15-16-48(51)62-41-39-60-37-35-58-33-31-56-29-27-54-25-26-55-28-30-57-32-34-59-36-38-61-40-42-63-49(52)45-19-21-46(22-20-45)50-43-44-17-23-47(53-2)24-18-44/h17-24,43H,3-16,25-42H2,1-2H3. The van der Waals surface area contributed by atoms with E-state index in [0.717, 1.165) is 29.8 Å². The first kappa shape index (κ1) is 55.7. The molecule has 63 heavy (non-hydrogen) atoms. The van der Waals surface area contributed by atoms with E-state index in [0.29, 0.717) is 111 Å². The molecule has 0 N–H and O–H groups in total. The maximum atomic E-state index is 12.3. The van der Waals surface area contributed by atoms with E-state index in [1.54, 1.807) is 37.6 Å². The number of carbonyl (C=O) groups excluding carboxylic acids is 2. The van der Waals surface area contributed by atoms with Crippen molar-refractivity contribution in [3.8, 4) is 5.75 Å². The van der Waals surface area contributed by atoms with Crippen LogP contribution >= 0.6 is 0 Å². The third kappa shape index (κ3) is 34.6. The Labute approximate surface area is 377 Å². The molecule has 0 unspecified atom stereocenters. The molecule has 0 heterocycles. The zero-order valence-electron chi connectivity index (χ0n) is 38.6. The fourth-order valence-corrected chi connectivity index (χ4v) is 6.01. The van der Waals surface area contributed by atoms with Crippen LogP contribution in [0.15, 0.2) is 53.5 Å². The molecule has 2 rings (SSSR count). The van der Waals surface area contributed by atoms with Crippen molar-refractivity contribution >= 4 is 23.8 Å². The van der Waals surface area contributed by atoms with Crippen molar-refractivity contribution in [3.05, 3.63) is 59.7 Å². The van der Waals surface area contributed by atoms with E-state index in [1.807, 2.05) is 24.3 Å². The van der Waals surface area contributed by atoms with Gasteiger partial charge in [0.2, 0.25) is 0 Å². The Kier molecular flexibility index (Phi) is 37.5. The predicted octanol–water partition coefficient (Wildman–Crippen LogP) is 8.76. The lowest BCUT2D eigenvalue weighted by Crippen LogP contribution is -2.15. The highest BCUT2D eigenvalue weighted by Crippen LogP contribution is 2.16. The minimum Gasteiger partial charge on any atom is -0.497 e. The number of methoxy groups -OCH3 is 1. The number of nitrogens with zero attached hydrogens (tertiary/aromatic N) is 1. The summed E-state index contributed by atoms with van der Waals surface area (Å²) < 4.78 is 59.7. The van der Waals surface area contributed by atoms with Crippen LogP contribution in [0.25, 0.3) is 0 Å². The summed E-state index contributed by atoms with van der Waals surface area (Å²) in [6.07, 6.45) is 19.0. The smallest absolute Gasteiger partial charge is 0.338 e. The summed E-state index contributed by atoms with van der Waals surface area (Å²) in [5, 5.41) is 0. The van der Waals surface area contributed by atoms with Gasteiger partial charge in [-0.05, 0) is 60.5 Å². The Balaban J connectivity index is 1.21. The monoisotopic (exact) mass is 890 g/mol. The van der Waals surface area contributed by atoms with Gasteiger partial charge < -0.3 is 52.1 Å². The van der Waals surface area contributed by atoms with Gasteiger partial charge in [0, 0.05) is 12.6 Å². The van der Waals surface area contributed by atoms with E-state index in [-0.39, 0.29) is 25.8 Å². The quantitative estimate of drug-likeness (QED) is 0.0355. The molecule has 0 aliphatic rings. The molecule has 0 fully saturated rings. The third-order valence-corrected chi connectivity index (χ3v) is 9.62. The fourth-order valence-electron chi connectivity index (χ4n) is 6.01. The molecular weight excluding hydrogens is 811 g/mol. The number of carbonyl (C=O) groups is 2. The lowest BCUT2D eigenvalue weighted by atomic mass is 10.0. The molecule has 14 nitrogen and oxygen atoms in total. The van der Waals surface area contributed by atoms with Crippen molar-refractivity contribution in [2.45, 2.75) is 96.8 Å². The highest BCUT2D eigenvalue weighted by molar-refractivity contribution is 5.90. The van der Waals surface area contributed by atoms with Gasteiger partial charge in [0.15, 0.2) is 0 Å². The van der Waals surface area contributed by atoms with Gasteiger partial charge in [-0.1, -0.05) is 84.0 Å². The van der Waals surface area contributed by atoms with Crippen LogP contribution < -0.4 is 4.74 Å². The van der Waals surface area contributed by atoms with Crippen LogP contribution in [-0.4, -0.2) is 144 Å². The van der Waals surface area contributed by atoms with E-state index in [2.05, 4.69) is 11.9 Å². The largest absolute Gasteiger partial charge is 0.497 e. The second-order valence-corrected chi connectivity index (χ2v) is 14.8. The second-order valence-electron chi connectivity index (χ2n) is 14.8. The SMILES string of the molecule is CCCCCCCCCCCCCCCC(=O)OCCOCCOCCOCCOCCOCCOCCOCCOCCOC(=O)c1ccc(N=Cc2ccc(OC)cc2)cc1. The van der Waals surface area contributed by atoms with Crippen LogP contribution in [0.5, 0.6) is 5.75 Å². The maximum absolute atomic E-state index is 12.3. The van der Waals surface area contributed by atoms with Gasteiger partial charge in [-0.3, -0.25) is 9.79 Å². The predicted molar refractivity (Wildman–Crippen MR) is 245 cm³/mol. The Hall–Kier alpha value is -3.47. The normalized spacial score (nSPS) is 11.4. The third-order valence-electron chi connectivity index (χ3n) is 9.62. The molecule has 14 heteroatoms. The second kappa shape index (κ2) is 42.5. The van der Waals surface area contributed by atoms with Crippen LogP contribution in [-0.2, 0) is 52.2 Å². The molecule has 2 aromatic rings. The van der Waals surface area contributed by atoms with Crippen molar-refractivity contribution in [1.82, 2.24) is 0 Å². The molecule has 0 atom stereocenters. The van der Waals surface area contributed by atoms with Crippen LogP contribution in [0.2, 0.25) is 0 Å². The number of benzene rings is 2. The van der Waals surface area contributed by atoms with Gasteiger partial charge in [0.1, 0.15) is 19.0 Å². The summed E-state index contributed by atoms with van der Waals surface area (Å²) in [5.41, 5.74) is 2.12. The van der Waals surface area contributed by atoms with Gasteiger partial charge in [0.25, 0.3) is 0 Å². The summed E-state index contributed by atoms with van der Waals surface area (Å²) in [4.78, 5) is 28.6. The maximum Gasteiger partial charge on any atom is 0.338 e. The zero-order chi connectivity index (χ0) is 44.9. The minimum atomic E-state index is -0.417. The van der Waals surface area contributed by atoms with Gasteiger partial charge >= 0.3 is 11.9 Å². The Bertz CT molecular complexity index is 1360. The van der Waals surface area contributed by atoms with E-state index in [4.69, 9.17) is 52.1 Å². The first-order valence-electron chi connectivity index (χ1n) is 23.3.